The monoisotopic (exact) mass is 378 g/mol. The molecular formula is C17H20BrFN4. The molecule has 0 aromatic heterocycles. The van der Waals surface area contributed by atoms with Crippen molar-refractivity contribution < 1.29 is 4.39 Å². The molecule has 23 heavy (non-hydrogen) atoms. The Kier molecular flexibility index (Phi) is 5.60. The van der Waals surface area contributed by atoms with Crippen molar-refractivity contribution in [2.45, 2.75) is 13.8 Å². The minimum absolute atomic E-state index is 0.263. The molecule has 2 aromatic carbocycles. The summed E-state index contributed by atoms with van der Waals surface area (Å²) < 4.78 is 14.2. The van der Waals surface area contributed by atoms with Crippen LogP contribution in [0.4, 0.5) is 15.8 Å². The fourth-order valence-electron chi connectivity index (χ4n) is 2.19. The molecule has 0 unspecified atom stereocenters. The van der Waals surface area contributed by atoms with Gasteiger partial charge in [0.05, 0.1) is 0 Å². The van der Waals surface area contributed by atoms with Crippen LogP contribution < -0.4 is 16.0 Å². The lowest BCUT2D eigenvalue weighted by atomic mass is 10.2. The van der Waals surface area contributed by atoms with Gasteiger partial charge >= 0.3 is 0 Å². The van der Waals surface area contributed by atoms with Crippen LogP contribution in [-0.2, 0) is 0 Å². The average molecular weight is 379 g/mol. The molecule has 2 aromatic rings. The maximum atomic E-state index is 13.2. The Morgan fingerprint density at radius 1 is 1.26 bits per heavy atom. The van der Waals surface area contributed by atoms with E-state index in [2.05, 4.69) is 26.2 Å². The first kappa shape index (κ1) is 17.3. The SMILES string of the molecule is Cc1ccc(NCN=C(N)N(C)c2ccc(F)cc2C)c(Br)c1. The van der Waals surface area contributed by atoms with Crippen LogP contribution in [0.2, 0.25) is 0 Å². The number of halogens is 2. The van der Waals surface area contributed by atoms with Gasteiger partial charge in [-0.15, -0.1) is 0 Å². The quantitative estimate of drug-likeness (QED) is 0.623. The molecule has 0 aliphatic carbocycles. The van der Waals surface area contributed by atoms with Crippen molar-refractivity contribution in [2.24, 2.45) is 10.7 Å². The van der Waals surface area contributed by atoms with E-state index in [1.54, 1.807) is 18.0 Å². The molecule has 0 saturated heterocycles. The summed E-state index contributed by atoms with van der Waals surface area (Å²) in [6.07, 6.45) is 0. The van der Waals surface area contributed by atoms with Crippen LogP contribution in [-0.4, -0.2) is 19.7 Å². The van der Waals surface area contributed by atoms with Crippen molar-refractivity contribution in [1.29, 1.82) is 0 Å². The number of aryl methyl sites for hydroxylation is 2. The Morgan fingerprint density at radius 2 is 2.00 bits per heavy atom. The molecule has 0 bridgehead atoms. The zero-order valence-electron chi connectivity index (χ0n) is 13.4. The Labute approximate surface area is 144 Å². The average Bonchev–Trinajstić information content (AvgIpc) is 2.48. The van der Waals surface area contributed by atoms with Crippen molar-refractivity contribution in [3.05, 3.63) is 57.8 Å². The number of hydrogen-bond acceptors (Lipinski definition) is 2. The second-order valence-electron chi connectivity index (χ2n) is 5.32. The van der Waals surface area contributed by atoms with Crippen molar-refractivity contribution in [3.8, 4) is 0 Å². The van der Waals surface area contributed by atoms with E-state index in [0.29, 0.717) is 12.6 Å². The van der Waals surface area contributed by atoms with Gasteiger partial charge in [-0.2, -0.15) is 0 Å². The molecular weight excluding hydrogens is 359 g/mol. The molecule has 2 rings (SSSR count). The van der Waals surface area contributed by atoms with Crippen molar-refractivity contribution >= 4 is 33.3 Å². The van der Waals surface area contributed by atoms with E-state index in [9.17, 15) is 4.39 Å². The van der Waals surface area contributed by atoms with Gasteiger partial charge in [-0.3, -0.25) is 0 Å². The van der Waals surface area contributed by atoms with Gasteiger partial charge < -0.3 is 16.0 Å². The van der Waals surface area contributed by atoms with E-state index in [4.69, 9.17) is 5.73 Å². The molecule has 0 heterocycles. The number of anilines is 2. The standard InChI is InChI=1S/C17H20BrFN4/c1-11-4-6-15(14(18)8-11)21-10-22-17(20)23(3)16-7-5-13(19)9-12(16)2/h4-9,21H,10H2,1-3H3,(H2,20,22). The van der Waals surface area contributed by atoms with Crippen LogP contribution in [0, 0.1) is 19.7 Å². The third-order valence-corrected chi connectivity index (χ3v) is 4.16. The number of nitrogens with one attached hydrogen (secondary N) is 1. The summed E-state index contributed by atoms with van der Waals surface area (Å²) >= 11 is 3.51. The second kappa shape index (κ2) is 7.46. The first-order chi connectivity index (χ1) is 10.9. The lowest BCUT2D eigenvalue weighted by Crippen LogP contribution is -2.35. The van der Waals surface area contributed by atoms with E-state index in [1.165, 1.54) is 17.7 Å². The summed E-state index contributed by atoms with van der Waals surface area (Å²) in [5.41, 5.74) is 9.77. The van der Waals surface area contributed by atoms with Gasteiger partial charge in [-0.05, 0) is 71.2 Å². The number of hydrogen-bond donors (Lipinski definition) is 2. The Morgan fingerprint density at radius 3 is 2.65 bits per heavy atom. The van der Waals surface area contributed by atoms with E-state index in [0.717, 1.165) is 21.4 Å². The summed E-state index contributed by atoms with van der Waals surface area (Å²) in [5.74, 6) is 0.0940. The largest absolute Gasteiger partial charge is 0.369 e. The van der Waals surface area contributed by atoms with Crippen LogP contribution >= 0.6 is 15.9 Å². The lowest BCUT2D eigenvalue weighted by Gasteiger charge is -2.20. The third-order valence-electron chi connectivity index (χ3n) is 3.50. The van der Waals surface area contributed by atoms with Crippen molar-refractivity contribution in [2.75, 3.05) is 23.9 Å². The molecule has 3 N–H and O–H groups in total. The van der Waals surface area contributed by atoms with Gasteiger partial charge in [-0.1, -0.05) is 6.07 Å². The van der Waals surface area contributed by atoms with Gasteiger partial charge in [0.1, 0.15) is 12.5 Å². The fourth-order valence-corrected chi connectivity index (χ4v) is 2.83. The zero-order chi connectivity index (χ0) is 17.0. The summed E-state index contributed by atoms with van der Waals surface area (Å²) in [5, 5.41) is 3.20. The van der Waals surface area contributed by atoms with E-state index >= 15 is 0 Å². The first-order valence-corrected chi connectivity index (χ1v) is 7.97. The van der Waals surface area contributed by atoms with E-state index in [1.807, 2.05) is 32.0 Å². The van der Waals surface area contributed by atoms with Gasteiger partial charge in [-0.25, -0.2) is 9.38 Å². The van der Waals surface area contributed by atoms with Gasteiger partial charge in [0.25, 0.3) is 0 Å². The third kappa shape index (κ3) is 4.45. The Balaban J connectivity index is 2.04. The molecule has 0 radical (unpaired) electrons. The maximum absolute atomic E-state index is 13.2. The normalized spacial score (nSPS) is 11.4. The Hall–Kier alpha value is -2.08. The van der Waals surface area contributed by atoms with Crippen LogP contribution in [0.1, 0.15) is 11.1 Å². The molecule has 0 atom stereocenters. The highest BCUT2D eigenvalue weighted by molar-refractivity contribution is 9.10. The number of benzene rings is 2. The van der Waals surface area contributed by atoms with Crippen molar-refractivity contribution in [3.63, 3.8) is 0 Å². The number of guanidine groups is 1. The van der Waals surface area contributed by atoms with Gasteiger partial charge in [0.2, 0.25) is 0 Å². The highest BCUT2D eigenvalue weighted by atomic mass is 79.9. The lowest BCUT2D eigenvalue weighted by molar-refractivity contribution is 0.626. The second-order valence-corrected chi connectivity index (χ2v) is 6.18. The smallest absolute Gasteiger partial charge is 0.197 e. The highest BCUT2D eigenvalue weighted by Crippen LogP contribution is 2.23. The molecule has 0 amide bonds. The summed E-state index contributed by atoms with van der Waals surface area (Å²) in [7, 11) is 1.81. The molecule has 122 valence electrons. The molecule has 0 aliphatic rings. The van der Waals surface area contributed by atoms with Crippen LogP contribution in [0.3, 0.4) is 0 Å². The predicted molar refractivity (Wildman–Crippen MR) is 98.5 cm³/mol. The molecule has 0 aliphatic heterocycles. The van der Waals surface area contributed by atoms with E-state index in [-0.39, 0.29) is 5.82 Å². The fraction of sp³-hybridized carbons (Fsp3) is 0.235. The van der Waals surface area contributed by atoms with Crippen molar-refractivity contribution in [1.82, 2.24) is 0 Å². The molecule has 6 heteroatoms. The van der Waals surface area contributed by atoms with E-state index < -0.39 is 0 Å². The van der Waals surface area contributed by atoms with Crippen LogP contribution in [0.5, 0.6) is 0 Å². The number of aliphatic imine (C=N–C) groups is 1. The van der Waals surface area contributed by atoms with Crippen LogP contribution in [0.25, 0.3) is 0 Å². The predicted octanol–water partition coefficient (Wildman–Crippen LogP) is 4.03. The Bertz CT molecular complexity index is 731. The topological polar surface area (TPSA) is 53.6 Å². The molecule has 0 fully saturated rings. The van der Waals surface area contributed by atoms with Gasteiger partial charge in [0, 0.05) is 22.9 Å². The summed E-state index contributed by atoms with van der Waals surface area (Å²) in [4.78, 5) is 6.05. The highest BCUT2D eigenvalue weighted by Gasteiger charge is 2.08. The first-order valence-electron chi connectivity index (χ1n) is 7.18. The maximum Gasteiger partial charge on any atom is 0.197 e. The number of nitrogens with two attached hydrogens (primary N) is 1. The molecule has 0 saturated carbocycles. The number of nitrogens with zero attached hydrogens (tertiary/aromatic N) is 2. The molecule has 4 nitrogen and oxygen atoms in total. The molecule has 0 spiro atoms. The summed E-state index contributed by atoms with van der Waals surface area (Å²) in [6, 6.07) is 10.6. The minimum atomic E-state index is -0.263. The minimum Gasteiger partial charge on any atom is -0.369 e. The summed E-state index contributed by atoms with van der Waals surface area (Å²) in [6.45, 7) is 4.21. The zero-order valence-corrected chi connectivity index (χ0v) is 15.0. The van der Waals surface area contributed by atoms with Gasteiger partial charge in [0.15, 0.2) is 5.96 Å². The van der Waals surface area contributed by atoms with Crippen LogP contribution in [0.15, 0.2) is 45.9 Å². The number of rotatable bonds is 4.